The van der Waals surface area contributed by atoms with Gasteiger partial charge in [-0.3, -0.25) is 4.79 Å². The third-order valence-corrected chi connectivity index (χ3v) is 5.34. The molecule has 2 rings (SSSR count). The zero-order valence-electron chi connectivity index (χ0n) is 12.2. The topological polar surface area (TPSA) is 62.5 Å². The van der Waals surface area contributed by atoms with E-state index < -0.39 is 12.0 Å². The van der Waals surface area contributed by atoms with Crippen LogP contribution in [0.15, 0.2) is 12.1 Å². The summed E-state index contributed by atoms with van der Waals surface area (Å²) in [5.41, 5.74) is 1.52. The van der Waals surface area contributed by atoms with E-state index in [4.69, 9.17) is 0 Å². The van der Waals surface area contributed by atoms with Crippen molar-refractivity contribution in [3.05, 3.63) is 23.5 Å². The van der Waals surface area contributed by atoms with Crippen molar-refractivity contribution in [2.75, 3.05) is 5.75 Å². The van der Waals surface area contributed by atoms with Crippen LogP contribution in [0.3, 0.4) is 0 Å². The number of carbonyl (C=O) groups excluding carboxylic acids is 1. The molecule has 0 saturated carbocycles. The molecule has 1 saturated heterocycles. The van der Waals surface area contributed by atoms with Crippen LogP contribution in [0.4, 0.5) is 0 Å². The van der Waals surface area contributed by atoms with Crippen LogP contribution >= 0.6 is 11.8 Å². The van der Waals surface area contributed by atoms with Crippen LogP contribution in [0, 0.1) is 12.8 Å². The maximum atomic E-state index is 12.7. The monoisotopic (exact) mass is 296 g/mol. The number of carbonyl (C=O) groups is 2. The zero-order valence-corrected chi connectivity index (χ0v) is 13.0. The number of aryl methyl sites for hydroxylation is 1. The molecule has 1 aromatic rings. The van der Waals surface area contributed by atoms with E-state index in [0.29, 0.717) is 11.4 Å². The minimum atomic E-state index is -0.931. The summed E-state index contributed by atoms with van der Waals surface area (Å²) in [6.07, 6.45) is 0. The molecule has 1 aliphatic heterocycles. The number of thioether (sulfide) groups is 1. The van der Waals surface area contributed by atoms with Crippen LogP contribution in [0.25, 0.3) is 0 Å². The lowest BCUT2D eigenvalue weighted by molar-refractivity contribution is -0.141. The number of hydrogen-bond donors (Lipinski definition) is 1. The number of rotatable bonds is 3. The fourth-order valence-corrected chi connectivity index (χ4v) is 3.92. The van der Waals surface area contributed by atoms with Gasteiger partial charge in [-0.25, -0.2) is 4.79 Å². The Labute approximate surface area is 122 Å². The molecule has 1 aliphatic rings. The molecule has 1 aromatic heterocycles. The number of aliphatic carboxylic acids is 1. The van der Waals surface area contributed by atoms with E-state index >= 15 is 0 Å². The van der Waals surface area contributed by atoms with Crippen LogP contribution < -0.4 is 0 Å². The van der Waals surface area contributed by atoms with Gasteiger partial charge in [-0.15, -0.1) is 11.8 Å². The normalized spacial score (nSPS) is 22.6. The van der Waals surface area contributed by atoms with Crippen molar-refractivity contribution in [1.29, 1.82) is 0 Å². The first kappa shape index (κ1) is 15.0. The Balaban J connectivity index is 2.37. The standard InChI is InChI=1S/C14H20N2O3S/c1-8(2)13-16(11(7-20-13)14(18)19)12(17)10-6-5-9(3)15(10)4/h5-6,8,11,13H,7H2,1-4H3,(H,18,19). The van der Waals surface area contributed by atoms with Crippen LogP contribution in [-0.4, -0.2) is 43.6 Å². The smallest absolute Gasteiger partial charge is 0.327 e. The van der Waals surface area contributed by atoms with E-state index in [-0.39, 0.29) is 17.2 Å². The van der Waals surface area contributed by atoms with Gasteiger partial charge in [0.1, 0.15) is 11.7 Å². The molecule has 5 nitrogen and oxygen atoms in total. The van der Waals surface area contributed by atoms with Gasteiger partial charge in [-0.2, -0.15) is 0 Å². The quantitative estimate of drug-likeness (QED) is 0.926. The highest BCUT2D eigenvalue weighted by Crippen LogP contribution is 2.35. The fourth-order valence-electron chi connectivity index (χ4n) is 2.45. The van der Waals surface area contributed by atoms with Gasteiger partial charge in [0.05, 0.1) is 5.37 Å². The Hall–Kier alpha value is -1.43. The van der Waals surface area contributed by atoms with Crippen molar-refractivity contribution < 1.29 is 14.7 Å². The van der Waals surface area contributed by atoms with E-state index in [1.807, 2.05) is 38.5 Å². The minimum Gasteiger partial charge on any atom is -0.480 e. The molecule has 1 amide bonds. The van der Waals surface area contributed by atoms with E-state index in [9.17, 15) is 14.7 Å². The molecule has 20 heavy (non-hydrogen) atoms. The second kappa shape index (κ2) is 5.52. The number of aromatic nitrogens is 1. The van der Waals surface area contributed by atoms with Crippen molar-refractivity contribution in [2.45, 2.75) is 32.2 Å². The van der Waals surface area contributed by atoms with Crippen LogP contribution in [-0.2, 0) is 11.8 Å². The van der Waals surface area contributed by atoms with Crippen LogP contribution in [0.2, 0.25) is 0 Å². The molecule has 2 unspecified atom stereocenters. The summed E-state index contributed by atoms with van der Waals surface area (Å²) in [6, 6.07) is 2.89. The Bertz CT molecular complexity index is 539. The van der Waals surface area contributed by atoms with Crippen molar-refractivity contribution in [3.8, 4) is 0 Å². The fraction of sp³-hybridized carbons (Fsp3) is 0.571. The van der Waals surface area contributed by atoms with Crippen molar-refractivity contribution in [2.24, 2.45) is 13.0 Å². The van der Waals surface area contributed by atoms with Gasteiger partial charge in [-0.05, 0) is 25.0 Å². The molecule has 110 valence electrons. The predicted octanol–water partition coefficient (Wildman–Crippen LogP) is 1.96. The Morgan fingerprint density at radius 2 is 2.05 bits per heavy atom. The van der Waals surface area contributed by atoms with Crippen LogP contribution in [0.1, 0.15) is 30.0 Å². The third-order valence-electron chi connectivity index (χ3n) is 3.72. The Morgan fingerprint density at radius 3 is 2.50 bits per heavy atom. The summed E-state index contributed by atoms with van der Waals surface area (Å²) >= 11 is 1.55. The number of hydrogen-bond acceptors (Lipinski definition) is 3. The Kier molecular flexibility index (Phi) is 4.13. The number of carboxylic acids is 1. The lowest BCUT2D eigenvalue weighted by atomic mass is 10.1. The Morgan fingerprint density at radius 1 is 1.40 bits per heavy atom. The summed E-state index contributed by atoms with van der Waals surface area (Å²) in [7, 11) is 1.83. The predicted molar refractivity (Wildman–Crippen MR) is 78.8 cm³/mol. The molecule has 2 atom stereocenters. The molecule has 0 aliphatic carbocycles. The SMILES string of the molecule is Cc1ccc(C(=O)N2C(C(=O)O)CSC2C(C)C)n1C. The van der Waals surface area contributed by atoms with E-state index in [2.05, 4.69) is 0 Å². The summed E-state index contributed by atoms with van der Waals surface area (Å²) < 4.78 is 1.81. The average molecular weight is 296 g/mol. The molecule has 1 N–H and O–H groups in total. The molecular weight excluding hydrogens is 276 g/mol. The van der Waals surface area contributed by atoms with Gasteiger partial charge in [-0.1, -0.05) is 13.8 Å². The first-order valence-corrected chi connectivity index (χ1v) is 7.69. The summed E-state index contributed by atoms with van der Waals surface area (Å²) in [4.78, 5) is 25.7. The maximum absolute atomic E-state index is 12.7. The average Bonchev–Trinajstić information content (AvgIpc) is 2.94. The van der Waals surface area contributed by atoms with Gasteiger partial charge in [0, 0.05) is 18.5 Å². The van der Waals surface area contributed by atoms with Crippen molar-refractivity contribution in [1.82, 2.24) is 9.47 Å². The lowest BCUT2D eigenvalue weighted by Gasteiger charge is -2.29. The molecule has 1 fully saturated rings. The van der Waals surface area contributed by atoms with Gasteiger partial charge in [0.15, 0.2) is 0 Å². The second-order valence-electron chi connectivity index (χ2n) is 5.45. The third kappa shape index (κ3) is 2.44. The summed E-state index contributed by atoms with van der Waals surface area (Å²) in [5.74, 6) is -0.459. The highest BCUT2D eigenvalue weighted by Gasteiger charge is 2.43. The molecule has 2 heterocycles. The van der Waals surface area contributed by atoms with Gasteiger partial charge < -0.3 is 14.6 Å². The molecule has 6 heteroatoms. The van der Waals surface area contributed by atoms with Crippen molar-refractivity contribution in [3.63, 3.8) is 0 Å². The van der Waals surface area contributed by atoms with Crippen molar-refractivity contribution >= 4 is 23.6 Å². The van der Waals surface area contributed by atoms with Gasteiger partial charge in [0.25, 0.3) is 5.91 Å². The first-order chi connectivity index (χ1) is 9.34. The van der Waals surface area contributed by atoms with Gasteiger partial charge in [0.2, 0.25) is 0 Å². The second-order valence-corrected chi connectivity index (χ2v) is 6.60. The zero-order chi connectivity index (χ0) is 15.0. The molecule has 0 radical (unpaired) electrons. The number of carboxylic acid groups (broad SMARTS) is 1. The maximum Gasteiger partial charge on any atom is 0.327 e. The number of amides is 1. The highest BCUT2D eigenvalue weighted by atomic mass is 32.2. The lowest BCUT2D eigenvalue weighted by Crippen LogP contribution is -2.47. The highest BCUT2D eigenvalue weighted by molar-refractivity contribution is 8.00. The molecule has 0 spiro atoms. The van der Waals surface area contributed by atoms with E-state index in [0.717, 1.165) is 5.69 Å². The summed E-state index contributed by atoms with van der Waals surface area (Å²) in [5, 5.41) is 9.26. The molecule has 0 bridgehead atoms. The summed E-state index contributed by atoms with van der Waals surface area (Å²) in [6.45, 7) is 5.95. The first-order valence-electron chi connectivity index (χ1n) is 6.64. The minimum absolute atomic E-state index is 0.0844. The number of nitrogens with zero attached hydrogens (tertiary/aromatic N) is 2. The van der Waals surface area contributed by atoms with E-state index in [1.165, 1.54) is 4.90 Å². The van der Waals surface area contributed by atoms with Gasteiger partial charge >= 0.3 is 5.97 Å². The molecule has 0 aromatic carbocycles. The molecular formula is C14H20N2O3S. The van der Waals surface area contributed by atoms with Crippen LogP contribution in [0.5, 0.6) is 0 Å². The largest absolute Gasteiger partial charge is 0.480 e. The van der Waals surface area contributed by atoms with E-state index in [1.54, 1.807) is 17.8 Å².